The second-order valence-corrected chi connectivity index (χ2v) is 8.21. The van der Waals surface area contributed by atoms with Crippen molar-refractivity contribution in [3.8, 4) is 5.75 Å². The first-order valence-electron chi connectivity index (χ1n) is 10.3. The number of carbonyl (C=O) groups is 2. The Bertz CT molecular complexity index is 1150. The molecular weight excluding hydrogens is 406 g/mol. The van der Waals surface area contributed by atoms with Crippen LogP contribution >= 0.6 is 0 Å². The topological polar surface area (TPSA) is 96.5 Å². The molecule has 1 aliphatic rings. The van der Waals surface area contributed by atoms with Gasteiger partial charge in [-0.2, -0.15) is 0 Å². The van der Waals surface area contributed by atoms with Gasteiger partial charge in [0.15, 0.2) is 0 Å². The summed E-state index contributed by atoms with van der Waals surface area (Å²) in [6.45, 7) is 6.33. The Hall–Kier alpha value is -3.94. The van der Waals surface area contributed by atoms with E-state index in [9.17, 15) is 9.59 Å². The third-order valence-electron chi connectivity index (χ3n) is 5.07. The Kier molecular flexibility index (Phi) is 5.77. The minimum Gasteiger partial charge on any atom is -0.484 e. The smallest absolute Gasteiger partial charge is 0.259 e. The number of hydrogen-bond donors (Lipinski definition) is 2. The van der Waals surface area contributed by atoms with Crippen molar-refractivity contribution in [3.63, 3.8) is 0 Å². The van der Waals surface area contributed by atoms with Gasteiger partial charge in [0.2, 0.25) is 5.91 Å². The molecule has 0 fully saturated rings. The van der Waals surface area contributed by atoms with Gasteiger partial charge in [0.05, 0.1) is 17.8 Å². The second kappa shape index (κ2) is 8.66. The Morgan fingerprint density at radius 2 is 1.91 bits per heavy atom. The summed E-state index contributed by atoms with van der Waals surface area (Å²) in [6, 6.07) is 12.5. The minimum absolute atomic E-state index is 0.0824. The van der Waals surface area contributed by atoms with Gasteiger partial charge in [-0.15, -0.1) is 0 Å². The van der Waals surface area contributed by atoms with E-state index in [-0.39, 0.29) is 11.8 Å². The highest BCUT2D eigenvalue weighted by molar-refractivity contribution is 6.08. The van der Waals surface area contributed by atoms with Gasteiger partial charge in [0, 0.05) is 37.7 Å². The molecular formula is C24H25N5O3. The Morgan fingerprint density at radius 1 is 1.12 bits per heavy atom. The number of ether oxygens (including phenoxy) is 1. The first-order valence-corrected chi connectivity index (χ1v) is 10.3. The maximum Gasteiger partial charge on any atom is 0.259 e. The van der Waals surface area contributed by atoms with Gasteiger partial charge in [-0.1, -0.05) is 0 Å². The van der Waals surface area contributed by atoms with Gasteiger partial charge in [-0.3, -0.25) is 14.6 Å². The average molecular weight is 431 g/mol. The van der Waals surface area contributed by atoms with E-state index in [1.807, 2.05) is 26.0 Å². The number of pyridine rings is 2. The number of nitrogens with zero attached hydrogens (tertiary/aromatic N) is 3. The van der Waals surface area contributed by atoms with Crippen LogP contribution in [0.3, 0.4) is 0 Å². The van der Waals surface area contributed by atoms with Gasteiger partial charge >= 0.3 is 0 Å². The molecule has 3 heterocycles. The van der Waals surface area contributed by atoms with Crippen LogP contribution in [0.2, 0.25) is 0 Å². The van der Waals surface area contributed by atoms with E-state index >= 15 is 0 Å². The van der Waals surface area contributed by atoms with Crippen molar-refractivity contribution in [2.75, 3.05) is 22.1 Å². The molecule has 2 amide bonds. The fraction of sp³-hybridized carbons (Fsp3) is 0.250. The van der Waals surface area contributed by atoms with E-state index in [0.29, 0.717) is 41.6 Å². The molecule has 0 radical (unpaired) electrons. The molecule has 0 aliphatic carbocycles. The molecule has 2 N–H and O–H groups in total. The van der Waals surface area contributed by atoms with Crippen molar-refractivity contribution in [1.29, 1.82) is 0 Å². The number of nitrogens with one attached hydrogen (secondary N) is 2. The predicted octanol–water partition coefficient (Wildman–Crippen LogP) is 3.86. The molecule has 8 nitrogen and oxygen atoms in total. The Labute approximate surface area is 186 Å². The van der Waals surface area contributed by atoms with Crippen molar-refractivity contribution in [2.24, 2.45) is 0 Å². The number of fused-ring (bicyclic) bond motifs is 1. The van der Waals surface area contributed by atoms with Crippen LogP contribution in [0.25, 0.3) is 0 Å². The highest BCUT2D eigenvalue weighted by Gasteiger charge is 2.33. The molecule has 0 saturated heterocycles. The van der Waals surface area contributed by atoms with E-state index in [2.05, 4.69) is 20.6 Å². The summed E-state index contributed by atoms with van der Waals surface area (Å²) in [5, 5.41) is 6.11. The summed E-state index contributed by atoms with van der Waals surface area (Å²) < 4.78 is 6.01. The van der Waals surface area contributed by atoms with Crippen LogP contribution in [0, 0.1) is 0 Å². The summed E-state index contributed by atoms with van der Waals surface area (Å²) >= 11 is 0. The van der Waals surface area contributed by atoms with Gasteiger partial charge in [0.25, 0.3) is 5.91 Å². The van der Waals surface area contributed by atoms with Crippen LogP contribution in [0.15, 0.2) is 61.1 Å². The van der Waals surface area contributed by atoms with Gasteiger partial charge in [0.1, 0.15) is 17.2 Å². The van der Waals surface area contributed by atoms with Crippen molar-refractivity contribution in [1.82, 2.24) is 9.97 Å². The number of benzene rings is 1. The monoisotopic (exact) mass is 431 g/mol. The highest BCUT2D eigenvalue weighted by atomic mass is 16.5. The average Bonchev–Trinajstić information content (AvgIpc) is 2.77. The maximum atomic E-state index is 13.0. The molecule has 4 rings (SSSR count). The lowest BCUT2D eigenvalue weighted by atomic mass is 10.0. The molecule has 1 aliphatic heterocycles. The largest absolute Gasteiger partial charge is 0.484 e. The Morgan fingerprint density at radius 3 is 2.66 bits per heavy atom. The van der Waals surface area contributed by atoms with Crippen LogP contribution in [0.5, 0.6) is 5.75 Å². The summed E-state index contributed by atoms with van der Waals surface area (Å²) in [5.74, 6) is 0.702. The summed E-state index contributed by atoms with van der Waals surface area (Å²) in [6.07, 6.45) is 5.07. The molecule has 0 bridgehead atoms. The molecule has 0 saturated carbocycles. The third kappa shape index (κ3) is 4.69. The molecule has 164 valence electrons. The zero-order chi connectivity index (χ0) is 22.7. The third-order valence-corrected chi connectivity index (χ3v) is 5.07. The molecule has 0 spiro atoms. The van der Waals surface area contributed by atoms with E-state index < -0.39 is 5.60 Å². The number of anilines is 3. The summed E-state index contributed by atoms with van der Waals surface area (Å²) in [7, 11) is 0. The zero-order valence-electron chi connectivity index (χ0n) is 18.3. The van der Waals surface area contributed by atoms with Gasteiger partial charge in [-0.25, -0.2) is 4.98 Å². The zero-order valence-corrected chi connectivity index (χ0v) is 18.3. The highest BCUT2D eigenvalue weighted by Crippen LogP contribution is 2.39. The van der Waals surface area contributed by atoms with Crippen LogP contribution < -0.4 is 20.3 Å². The van der Waals surface area contributed by atoms with E-state index in [1.165, 1.54) is 6.92 Å². The quantitative estimate of drug-likeness (QED) is 0.637. The first-order chi connectivity index (χ1) is 15.3. The van der Waals surface area contributed by atoms with Crippen LogP contribution in [0.1, 0.15) is 36.7 Å². The summed E-state index contributed by atoms with van der Waals surface area (Å²) in [4.78, 5) is 35.2. The minimum atomic E-state index is -0.492. The standard InChI is InChI=1S/C24H25N5O3/c1-16(30)29-15-24(2,3)32-21-7-6-18(13-20(21)29)28-23(31)19-5-4-10-26-22(19)27-14-17-8-11-25-12-9-17/h4-13H,14-15H2,1-3H3,(H,26,27)(H,28,31). The second-order valence-electron chi connectivity index (χ2n) is 8.21. The molecule has 32 heavy (non-hydrogen) atoms. The van der Waals surface area contributed by atoms with Crippen molar-refractivity contribution in [3.05, 3.63) is 72.2 Å². The van der Waals surface area contributed by atoms with E-state index in [4.69, 9.17) is 4.74 Å². The number of hydrogen-bond acceptors (Lipinski definition) is 6. The predicted molar refractivity (Wildman–Crippen MR) is 123 cm³/mol. The number of rotatable bonds is 5. The van der Waals surface area contributed by atoms with Gasteiger partial charge in [-0.05, 0) is 61.9 Å². The Balaban J connectivity index is 1.54. The van der Waals surface area contributed by atoms with E-state index in [1.54, 1.807) is 53.8 Å². The van der Waals surface area contributed by atoms with Crippen molar-refractivity contribution < 1.29 is 14.3 Å². The fourth-order valence-corrected chi connectivity index (χ4v) is 3.58. The van der Waals surface area contributed by atoms with Crippen LogP contribution in [0.4, 0.5) is 17.2 Å². The van der Waals surface area contributed by atoms with Crippen LogP contribution in [-0.2, 0) is 11.3 Å². The number of carbonyl (C=O) groups excluding carboxylic acids is 2. The maximum absolute atomic E-state index is 13.0. The summed E-state index contributed by atoms with van der Waals surface area (Å²) in [5.41, 5.74) is 2.15. The van der Waals surface area contributed by atoms with Crippen molar-refractivity contribution >= 4 is 29.0 Å². The SMILES string of the molecule is CC(=O)N1CC(C)(C)Oc2ccc(NC(=O)c3cccnc3NCc3ccncc3)cc21. The molecule has 8 heteroatoms. The lowest BCUT2D eigenvalue weighted by Crippen LogP contribution is -2.48. The van der Waals surface area contributed by atoms with Gasteiger partial charge < -0.3 is 20.3 Å². The molecule has 3 aromatic rings. The molecule has 0 atom stereocenters. The normalized spacial score (nSPS) is 14.2. The number of amides is 2. The van der Waals surface area contributed by atoms with E-state index in [0.717, 1.165) is 5.56 Å². The molecule has 2 aromatic heterocycles. The lowest BCUT2D eigenvalue weighted by Gasteiger charge is -2.39. The molecule has 0 unspecified atom stereocenters. The molecule has 1 aromatic carbocycles. The van der Waals surface area contributed by atoms with Crippen LogP contribution in [-0.4, -0.2) is 33.9 Å². The fourth-order valence-electron chi connectivity index (χ4n) is 3.58. The number of aromatic nitrogens is 2. The first kappa shape index (κ1) is 21.3. The lowest BCUT2D eigenvalue weighted by molar-refractivity contribution is -0.117. The van der Waals surface area contributed by atoms with Crippen molar-refractivity contribution in [2.45, 2.75) is 32.9 Å².